The van der Waals surface area contributed by atoms with E-state index in [1.54, 1.807) is 24.3 Å². The van der Waals surface area contributed by atoms with Gasteiger partial charge in [-0.05, 0) is 65.7 Å². The summed E-state index contributed by atoms with van der Waals surface area (Å²) in [6.45, 7) is 0.187. The Labute approximate surface area is 208 Å². The summed E-state index contributed by atoms with van der Waals surface area (Å²) in [4.78, 5) is 38.3. The number of barbiturate groups is 1. The van der Waals surface area contributed by atoms with Crippen LogP contribution >= 0.6 is 34.8 Å². The molecule has 0 unspecified atom stereocenters. The number of nitrogens with zero attached hydrogens (tertiary/aromatic N) is 1. The van der Waals surface area contributed by atoms with Crippen molar-refractivity contribution in [3.05, 3.63) is 98.2 Å². The molecule has 0 atom stereocenters. The third-order valence-electron chi connectivity index (χ3n) is 4.81. The van der Waals surface area contributed by atoms with Crippen LogP contribution in [-0.2, 0) is 16.2 Å². The van der Waals surface area contributed by atoms with E-state index in [4.69, 9.17) is 39.5 Å². The Morgan fingerprint density at radius 1 is 0.912 bits per heavy atom. The molecule has 34 heavy (non-hydrogen) atoms. The molecule has 1 aliphatic heterocycles. The minimum atomic E-state index is -0.944. The smallest absolute Gasteiger partial charge is 0.335 e. The Kier molecular flexibility index (Phi) is 6.88. The lowest BCUT2D eigenvalue weighted by atomic mass is 10.1. The monoisotopic (exact) mass is 518 g/mol. The van der Waals surface area contributed by atoms with Crippen molar-refractivity contribution in [2.45, 2.75) is 6.61 Å². The summed E-state index contributed by atoms with van der Waals surface area (Å²) in [6.07, 6.45) is 1.25. The fourth-order valence-corrected chi connectivity index (χ4v) is 3.92. The average Bonchev–Trinajstić information content (AvgIpc) is 2.78. The Morgan fingerprint density at radius 2 is 1.53 bits per heavy atom. The van der Waals surface area contributed by atoms with Gasteiger partial charge >= 0.3 is 6.03 Å². The number of hydrogen-bond donors (Lipinski definition) is 1. The zero-order chi connectivity index (χ0) is 24.4. The molecule has 6 nitrogen and oxygen atoms in total. The van der Waals surface area contributed by atoms with E-state index in [1.165, 1.54) is 30.3 Å². The van der Waals surface area contributed by atoms with Crippen LogP contribution in [-0.4, -0.2) is 17.8 Å². The zero-order valence-corrected chi connectivity index (χ0v) is 19.4. The first-order valence-electron chi connectivity index (χ1n) is 9.76. The molecular weight excluding hydrogens is 506 g/mol. The van der Waals surface area contributed by atoms with Crippen molar-refractivity contribution >= 4 is 64.4 Å². The fraction of sp³-hybridized carbons (Fsp3) is 0.0417. The van der Waals surface area contributed by atoms with Crippen molar-refractivity contribution in [1.82, 2.24) is 5.32 Å². The molecule has 0 spiro atoms. The zero-order valence-electron chi connectivity index (χ0n) is 17.2. The summed E-state index contributed by atoms with van der Waals surface area (Å²) in [5.41, 5.74) is 0.953. The van der Waals surface area contributed by atoms with Crippen molar-refractivity contribution in [1.29, 1.82) is 0 Å². The van der Waals surface area contributed by atoms with Crippen molar-refractivity contribution in [3.8, 4) is 5.75 Å². The topological polar surface area (TPSA) is 75.7 Å². The highest BCUT2D eigenvalue weighted by Crippen LogP contribution is 2.36. The second-order valence-corrected chi connectivity index (χ2v) is 8.41. The predicted molar refractivity (Wildman–Crippen MR) is 128 cm³/mol. The van der Waals surface area contributed by atoms with Crippen molar-refractivity contribution in [2.75, 3.05) is 4.90 Å². The van der Waals surface area contributed by atoms with E-state index in [9.17, 15) is 18.8 Å². The molecule has 1 N–H and O–H groups in total. The summed E-state index contributed by atoms with van der Waals surface area (Å²) in [7, 11) is 0. The van der Waals surface area contributed by atoms with Crippen LogP contribution in [0.1, 0.15) is 11.1 Å². The maximum absolute atomic E-state index is 13.2. The molecule has 1 saturated heterocycles. The van der Waals surface area contributed by atoms with Crippen LogP contribution in [0.25, 0.3) is 6.08 Å². The number of nitrogens with one attached hydrogen (secondary N) is 1. The van der Waals surface area contributed by atoms with E-state index in [-0.39, 0.29) is 33.7 Å². The van der Waals surface area contributed by atoms with Gasteiger partial charge in [0, 0.05) is 5.02 Å². The van der Waals surface area contributed by atoms with Crippen LogP contribution in [0.5, 0.6) is 5.75 Å². The lowest BCUT2D eigenvalue weighted by Crippen LogP contribution is -2.54. The first-order valence-corrected chi connectivity index (χ1v) is 10.9. The summed E-state index contributed by atoms with van der Waals surface area (Å²) >= 11 is 18.5. The molecule has 0 aliphatic carbocycles. The van der Waals surface area contributed by atoms with Gasteiger partial charge in [-0.25, -0.2) is 14.1 Å². The number of urea groups is 1. The fourth-order valence-electron chi connectivity index (χ4n) is 3.19. The van der Waals surface area contributed by atoms with Gasteiger partial charge in [0.1, 0.15) is 18.0 Å². The third-order valence-corrected chi connectivity index (χ3v) is 5.63. The second kappa shape index (κ2) is 9.85. The van der Waals surface area contributed by atoms with E-state index in [2.05, 4.69) is 5.32 Å². The predicted octanol–water partition coefficient (Wildman–Crippen LogP) is 6.03. The van der Waals surface area contributed by atoms with Crippen LogP contribution in [0.15, 0.2) is 66.2 Å². The average molecular weight is 520 g/mol. The Morgan fingerprint density at radius 3 is 2.15 bits per heavy atom. The number of ether oxygens (including phenoxy) is 1. The largest absolute Gasteiger partial charge is 0.486 e. The van der Waals surface area contributed by atoms with Crippen molar-refractivity contribution in [3.63, 3.8) is 0 Å². The second-order valence-electron chi connectivity index (χ2n) is 7.16. The van der Waals surface area contributed by atoms with Gasteiger partial charge in [-0.2, -0.15) is 0 Å². The molecule has 3 aromatic rings. The molecule has 0 saturated carbocycles. The molecular formula is C24H14Cl3FN2O4. The summed E-state index contributed by atoms with van der Waals surface area (Å²) in [6, 6.07) is 13.7. The van der Waals surface area contributed by atoms with E-state index < -0.39 is 23.7 Å². The minimum absolute atomic E-state index is 0.101. The first kappa shape index (κ1) is 23.8. The maximum atomic E-state index is 13.2. The van der Waals surface area contributed by atoms with E-state index in [1.807, 2.05) is 0 Å². The standard InChI is InChI=1S/C24H14Cl3FN2O4/c25-15-3-1-13(2-4-15)12-34-21-19(26)10-14(11-20(21)27)9-18-22(31)29-24(33)30(23(18)32)17-7-5-16(28)6-8-17/h1-11H,12H2,(H,29,31,33)/b18-9+. The molecule has 0 aromatic heterocycles. The van der Waals surface area contributed by atoms with Crippen LogP contribution in [0.2, 0.25) is 15.1 Å². The molecule has 3 aromatic carbocycles. The summed E-state index contributed by atoms with van der Waals surface area (Å²) < 4.78 is 19.0. The van der Waals surface area contributed by atoms with Gasteiger partial charge in [0.25, 0.3) is 11.8 Å². The molecule has 0 bridgehead atoms. The Bertz CT molecular complexity index is 1300. The van der Waals surface area contributed by atoms with E-state index in [0.29, 0.717) is 10.6 Å². The van der Waals surface area contributed by atoms with Gasteiger partial charge in [-0.1, -0.05) is 46.9 Å². The molecule has 1 aliphatic rings. The van der Waals surface area contributed by atoms with Crippen molar-refractivity contribution < 1.29 is 23.5 Å². The Hall–Kier alpha value is -3.39. The number of carbonyl (C=O) groups excluding carboxylic acids is 3. The van der Waals surface area contributed by atoms with Crippen LogP contribution in [0, 0.1) is 5.82 Å². The third kappa shape index (κ3) is 5.07. The number of anilines is 1. The van der Waals surface area contributed by atoms with Gasteiger partial charge in [0.15, 0.2) is 5.75 Å². The van der Waals surface area contributed by atoms with Gasteiger partial charge in [0.05, 0.1) is 15.7 Å². The maximum Gasteiger partial charge on any atom is 0.335 e. The quantitative estimate of drug-likeness (QED) is 0.330. The highest BCUT2D eigenvalue weighted by atomic mass is 35.5. The highest BCUT2D eigenvalue weighted by Gasteiger charge is 2.36. The number of benzene rings is 3. The van der Waals surface area contributed by atoms with Gasteiger partial charge in [0.2, 0.25) is 0 Å². The molecule has 0 radical (unpaired) electrons. The SMILES string of the molecule is O=C1NC(=O)N(c2ccc(F)cc2)C(=O)/C1=C/c1cc(Cl)c(OCc2ccc(Cl)cc2)c(Cl)c1. The number of rotatable bonds is 5. The molecule has 1 heterocycles. The summed E-state index contributed by atoms with van der Waals surface area (Å²) in [5.74, 6) is -2.08. The van der Waals surface area contributed by atoms with Crippen LogP contribution in [0.4, 0.5) is 14.9 Å². The highest BCUT2D eigenvalue weighted by molar-refractivity contribution is 6.40. The molecule has 10 heteroatoms. The lowest BCUT2D eigenvalue weighted by Gasteiger charge is -2.26. The summed E-state index contributed by atoms with van der Waals surface area (Å²) in [5, 5.41) is 3.00. The van der Waals surface area contributed by atoms with Gasteiger partial charge in [-0.3, -0.25) is 14.9 Å². The van der Waals surface area contributed by atoms with E-state index in [0.717, 1.165) is 22.6 Å². The molecule has 4 amide bonds. The van der Waals surface area contributed by atoms with Gasteiger partial charge < -0.3 is 4.74 Å². The number of hydrogen-bond acceptors (Lipinski definition) is 4. The minimum Gasteiger partial charge on any atom is -0.486 e. The molecule has 1 fully saturated rings. The molecule has 4 rings (SSSR count). The van der Waals surface area contributed by atoms with Crippen LogP contribution in [0.3, 0.4) is 0 Å². The van der Waals surface area contributed by atoms with Gasteiger partial charge in [-0.15, -0.1) is 0 Å². The Balaban J connectivity index is 1.60. The molecule has 172 valence electrons. The van der Waals surface area contributed by atoms with Crippen LogP contribution < -0.4 is 15.0 Å². The number of amides is 4. The number of imide groups is 2. The first-order chi connectivity index (χ1) is 16.2. The number of halogens is 4. The van der Waals surface area contributed by atoms with Crippen molar-refractivity contribution in [2.24, 2.45) is 0 Å². The van der Waals surface area contributed by atoms with E-state index >= 15 is 0 Å². The normalized spacial score (nSPS) is 15.0. The number of carbonyl (C=O) groups is 3. The lowest BCUT2D eigenvalue weighted by molar-refractivity contribution is -0.122.